The number of aryl methyl sites for hydroxylation is 2. The van der Waals surface area contributed by atoms with Gasteiger partial charge in [0.1, 0.15) is 5.75 Å². The molecule has 0 bridgehead atoms. The second-order valence-electron chi connectivity index (χ2n) is 9.12. The van der Waals surface area contributed by atoms with Crippen molar-refractivity contribution in [2.75, 3.05) is 7.11 Å². The number of hydrogen-bond acceptors (Lipinski definition) is 2. The van der Waals surface area contributed by atoms with Gasteiger partial charge in [-0.3, -0.25) is 4.79 Å². The van der Waals surface area contributed by atoms with Crippen LogP contribution in [-0.4, -0.2) is 22.0 Å². The zero-order chi connectivity index (χ0) is 24.5. The van der Waals surface area contributed by atoms with Crippen LogP contribution in [0.1, 0.15) is 16.8 Å². The highest BCUT2D eigenvalue weighted by atomic mass is 16.5. The van der Waals surface area contributed by atoms with Crippen molar-refractivity contribution in [3.05, 3.63) is 109 Å². The minimum atomic E-state index is 0.0795. The highest BCUT2D eigenvalue weighted by Crippen LogP contribution is 2.29. The fraction of sp³-hybridized carbons (Fsp3) is 0.161. The molecule has 6 rings (SSSR count). The summed E-state index contributed by atoms with van der Waals surface area (Å²) in [4.78, 5) is 13.0. The SMILES string of the molecule is COc1ccc(C(=O)C[n+]2cn(CCCn3c4ccccc4c4ccccc43)c3ccccc32)cc1. The molecule has 0 radical (unpaired) electrons. The molecule has 6 aromatic rings. The maximum absolute atomic E-state index is 13.0. The van der Waals surface area contributed by atoms with E-state index in [0.717, 1.165) is 36.3 Å². The largest absolute Gasteiger partial charge is 0.497 e. The summed E-state index contributed by atoms with van der Waals surface area (Å²) >= 11 is 0. The number of Topliss-reactive ketones (excluding diaryl/α,β-unsaturated/α-hetero) is 1. The van der Waals surface area contributed by atoms with Crippen molar-refractivity contribution in [3.63, 3.8) is 0 Å². The Morgan fingerprint density at radius 2 is 1.36 bits per heavy atom. The second-order valence-corrected chi connectivity index (χ2v) is 9.12. The van der Waals surface area contributed by atoms with Crippen LogP contribution in [0, 0.1) is 0 Å². The van der Waals surface area contributed by atoms with E-state index in [1.54, 1.807) is 7.11 Å². The number of benzene rings is 4. The minimum Gasteiger partial charge on any atom is -0.497 e. The van der Waals surface area contributed by atoms with Crippen molar-refractivity contribution in [2.45, 2.75) is 26.1 Å². The third-order valence-electron chi connectivity index (χ3n) is 6.97. The molecule has 0 saturated carbocycles. The second kappa shape index (κ2) is 9.34. The Hall–Kier alpha value is -4.38. The lowest BCUT2D eigenvalue weighted by molar-refractivity contribution is -0.658. The summed E-state index contributed by atoms with van der Waals surface area (Å²) in [5.74, 6) is 0.829. The Morgan fingerprint density at radius 3 is 2.03 bits per heavy atom. The Morgan fingerprint density at radius 1 is 0.750 bits per heavy atom. The first-order valence-electron chi connectivity index (χ1n) is 12.3. The Labute approximate surface area is 209 Å². The monoisotopic (exact) mass is 474 g/mol. The van der Waals surface area contributed by atoms with Gasteiger partial charge in [-0.2, -0.15) is 0 Å². The fourth-order valence-electron chi connectivity index (χ4n) is 5.21. The zero-order valence-corrected chi connectivity index (χ0v) is 20.3. The molecule has 0 saturated heterocycles. The van der Waals surface area contributed by atoms with Gasteiger partial charge >= 0.3 is 0 Å². The third-order valence-corrected chi connectivity index (χ3v) is 6.97. The van der Waals surface area contributed by atoms with E-state index in [1.807, 2.05) is 30.3 Å². The zero-order valence-electron chi connectivity index (χ0n) is 20.3. The topological polar surface area (TPSA) is 40.0 Å². The summed E-state index contributed by atoms with van der Waals surface area (Å²) in [6.45, 7) is 2.09. The van der Waals surface area contributed by atoms with Crippen LogP contribution in [0.25, 0.3) is 32.8 Å². The number of imidazole rings is 1. The molecule has 5 nitrogen and oxygen atoms in total. The van der Waals surface area contributed by atoms with Gasteiger partial charge in [-0.25, -0.2) is 9.13 Å². The van der Waals surface area contributed by atoms with Gasteiger partial charge in [-0.15, -0.1) is 0 Å². The number of ketones is 1. The molecule has 2 heterocycles. The molecule has 4 aromatic carbocycles. The van der Waals surface area contributed by atoms with E-state index >= 15 is 0 Å². The molecule has 0 spiro atoms. The number of ether oxygens (including phenoxy) is 1. The van der Waals surface area contributed by atoms with Gasteiger partial charge in [-0.05, 0) is 48.5 Å². The van der Waals surface area contributed by atoms with Gasteiger partial charge in [0, 0.05) is 40.3 Å². The molecule has 0 fully saturated rings. The van der Waals surface area contributed by atoms with Crippen molar-refractivity contribution in [1.29, 1.82) is 0 Å². The van der Waals surface area contributed by atoms with Gasteiger partial charge in [0.2, 0.25) is 12.1 Å². The lowest BCUT2D eigenvalue weighted by atomic mass is 10.1. The predicted molar refractivity (Wildman–Crippen MR) is 144 cm³/mol. The molecule has 0 aliphatic carbocycles. The van der Waals surface area contributed by atoms with E-state index in [0.29, 0.717) is 12.1 Å². The molecule has 2 aromatic heterocycles. The Bertz CT molecular complexity index is 1640. The Balaban J connectivity index is 1.25. The number of para-hydroxylation sites is 4. The smallest absolute Gasteiger partial charge is 0.245 e. The van der Waals surface area contributed by atoms with Crippen LogP contribution in [0.15, 0.2) is 103 Å². The van der Waals surface area contributed by atoms with Crippen LogP contribution in [-0.2, 0) is 19.6 Å². The molecule has 0 atom stereocenters. The van der Waals surface area contributed by atoms with Crippen molar-refractivity contribution < 1.29 is 14.1 Å². The normalized spacial score (nSPS) is 11.5. The van der Waals surface area contributed by atoms with E-state index in [2.05, 4.69) is 86.8 Å². The molecule has 0 N–H and O–H groups in total. The van der Waals surface area contributed by atoms with Crippen LogP contribution in [0.4, 0.5) is 0 Å². The summed E-state index contributed by atoms with van der Waals surface area (Å²) in [7, 11) is 1.63. The van der Waals surface area contributed by atoms with Crippen LogP contribution in [0.3, 0.4) is 0 Å². The summed E-state index contributed by atoms with van der Waals surface area (Å²) in [5.41, 5.74) is 5.44. The molecule has 178 valence electrons. The van der Waals surface area contributed by atoms with E-state index in [9.17, 15) is 4.79 Å². The lowest BCUT2D eigenvalue weighted by Crippen LogP contribution is -2.36. The summed E-state index contributed by atoms with van der Waals surface area (Å²) in [6.07, 6.45) is 3.06. The van der Waals surface area contributed by atoms with Gasteiger partial charge in [-0.1, -0.05) is 48.5 Å². The number of rotatable bonds is 8. The molecular formula is C31H28N3O2+. The third kappa shape index (κ3) is 3.93. The molecule has 5 heteroatoms. The number of hydrogen-bond donors (Lipinski definition) is 0. The number of aromatic nitrogens is 3. The quantitative estimate of drug-likeness (QED) is 0.200. The van der Waals surface area contributed by atoms with E-state index < -0.39 is 0 Å². The number of methoxy groups -OCH3 is 1. The molecule has 36 heavy (non-hydrogen) atoms. The van der Waals surface area contributed by atoms with Gasteiger partial charge in [0.15, 0.2) is 17.6 Å². The Kier molecular flexibility index (Phi) is 5.74. The van der Waals surface area contributed by atoms with E-state index in [4.69, 9.17) is 4.74 Å². The first-order valence-corrected chi connectivity index (χ1v) is 12.3. The van der Waals surface area contributed by atoms with Gasteiger partial charge in [0.05, 0.1) is 13.7 Å². The maximum Gasteiger partial charge on any atom is 0.245 e. The predicted octanol–water partition coefficient (Wildman–Crippen LogP) is 6.02. The highest BCUT2D eigenvalue weighted by Gasteiger charge is 2.19. The summed E-state index contributed by atoms with van der Waals surface area (Å²) in [5, 5.41) is 2.60. The number of fused-ring (bicyclic) bond motifs is 4. The number of carbonyl (C=O) groups excluding carboxylic acids is 1. The first kappa shape index (κ1) is 22.1. The summed E-state index contributed by atoms with van der Waals surface area (Å²) in [6, 6.07) is 32.9. The highest BCUT2D eigenvalue weighted by molar-refractivity contribution is 6.07. The number of carbonyl (C=O) groups is 1. The average Bonchev–Trinajstić information content (AvgIpc) is 3.44. The molecule has 0 aliphatic heterocycles. The fourth-order valence-corrected chi connectivity index (χ4v) is 5.21. The van der Waals surface area contributed by atoms with Crippen LogP contribution < -0.4 is 9.30 Å². The number of nitrogens with zero attached hydrogens (tertiary/aromatic N) is 3. The first-order chi connectivity index (χ1) is 17.7. The summed E-state index contributed by atoms with van der Waals surface area (Å²) < 4.78 is 12.0. The lowest BCUT2D eigenvalue weighted by Gasteiger charge is -2.06. The van der Waals surface area contributed by atoms with Crippen molar-refractivity contribution >= 4 is 38.6 Å². The molecule has 0 unspecified atom stereocenters. The molecule has 0 aliphatic rings. The van der Waals surface area contributed by atoms with Crippen LogP contribution in [0.2, 0.25) is 0 Å². The van der Waals surface area contributed by atoms with Gasteiger partial charge in [0.25, 0.3) is 0 Å². The standard InChI is InChI=1S/C31H28N3O2/c1-36-24-17-15-23(16-18-24)31(35)21-33-22-32(29-13-6-7-14-30(29)33)19-8-20-34-27-11-4-2-9-25(27)26-10-3-5-12-28(26)34/h2-7,9-18,22H,8,19-21H2,1H3/q+1. The van der Waals surface area contributed by atoms with E-state index in [-0.39, 0.29) is 5.78 Å². The average molecular weight is 475 g/mol. The molecule has 0 amide bonds. The van der Waals surface area contributed by atoms with Crippen molar-refractivity contribution in [3.8, 4) is 5.75 Å². The van der Waals surface area contributed by atoms with Crippen molar-refractivity contribution in [2.24, 2.45) is 0 Å². The van der Waals surface area contributed by atoms with E-state index in [1.165, 1.54) is 21.8 Å². The minimum absolute atomic E-state index is 0.0795. The van der Waals surface area contributed by atoms with Gasteiger partial charge < -0.3 is 9.30 Å². The maximum atomic E-state index is 13.0. The van der Waals surface area contributed by atoms with Crippen LogP contribution in [0.5, 0.6) is 5.75 Å². The van der Waals surface area contributed by atoms with Crippen molar-refractivity contribution in [1.82, 2.24) is 9.13 Å². The molecular weight excluding hydrogens is 446 g/mol. The van der Waals surface area contributed by atoms with Crippen LogP contribution >= 0.6 is 0 Å².